The van der Waals surface area contributed by atoms with Crippen LogP contribution in [-0.2, 0) is 0 Å². The van der Waals surface area contributed by atoms with Crippen molar-refractivity contribution in [3.8, 4) is 5.75 Å². The second-order valence-electron chi connectivity index (χ2n) is 4.70. The Morgan fingerprint density at radius 2 is 2.06 bits per heavy atom. The molecule has 0 spiro atoms. The molecule has 100 valence electrons. The van der Waals surface area contributed by atoms with E-state index in [1.807, 2.05) is 32.8 Å². The average molecular weight is 270 g/mol. The van der Waals surface area contributed by atoms with Crippen LogP contribution in [-0.4, -0.2) is 37.4 Å². The lowest BCUT2D eigenvalue weighted by Crippen LogP contribution is -2.48. The Kier molecular flexibility index (Phi) is 4.77. The van der Waals surface area contributed by atoms with E-state index in [1.165, 1.54) is 0 Å². The van der Waals surface area contributed by atoms with Gasteiger partial charge in [0.15, 0.2) is 5.78 Å². The van der Waals surface area contributed by atoms with Crippen LogP contribution in [0.2, 0.25) is 5.02 Å². The molecular weight excluding hydrogens is 250 g/mol. The standard InChI is InChI=1S/C14H20ClNO2/c1-6-14(2,16(3)4)13(17)11-9-10(15)7-8-12(11)18-5/h7-9H,6H2,1-5H3. The summed E-state index contributed by atoms with van der Waals surface area (Å²) in [5.74, 6) is 0.584. The Balaban J connectivity index is 3.29. The molecule has 0 aliphatic carbocycles. The highest BCUT2D eigenvalue weighted by Crippen LogP contribution is 2.29. The summed E-state index contributed by atoms with van der Waals surface area (Å²) in [6, 6.07) is 5.11. The largest absolute Gasteiger partial charge is 0.496 e. The van der Waals surface area contributed by atoms with Crippen LogP contribution in [0.5, 0.6) is 5.75 Å². The maximum absolute atomic E-state index is 12.7. The minimum absolute atomic E-state index is 0.0225. The first-order valence-corrected chi connectivity index (χ1v) is 6.30. The Bertz CT molecular complexity index is 445. The smallest absolute Gasteiger partial charge is 0.186 e. The zero-order valence-corrected chi connectivity index (χ0v) is 12.3. The van der Waals surface area contributed by atoms with Gasteiger partial charge in [-0.1, -0.05) is 18.5 Å². The van der Waals surface area contributed by atoms with Crippen molar-refractivity contribution in [1.29, 1.82) is 0 Å². The minimum Gasteiger partial charge on any atom is -0.496 e. The second-order valence-corrected chi connectivity index (χ2v) is 5.13. The molecule has 1 aromatic carbocycles. The monoisotopic (exact) mass is 269 g/mol. The van der Waals surface area contributed by atoms with Crippen molar-refractivity contribution in [3.63, 3.8) is 0 Å². The Morgan fingerprint density at radius 3 is 2.50 bits per heavy atom. The number of nitrogens with zero attached hydrogens (tertiary/aromatic N) is 1. The molecule has 1 aromatic rings. The highest BCUT2D eigenvalue weighted by molar-refractivity contribution is 6.31. The van der Waals surface area contributed by atoms with Gasteiger partial charge >= 0.3 is 0 Å². The first kappa shape index (κ1) is 15.0. The first-order valence-electron chi connectivity index (χ1n) is 5.92. The van der Waals surface area contributed by atoms with Gasteiger partial charge in [-0.2, -0.15) is 0 Å². The summed E-state index contributed by atoms with van der Waals surface area (Å²) in [6.45, 7) is 3.92. The fraction of sp³-hybridized carbons (Fsp3) is 0.500. The van der Waals surface area contributed by atoms with Crippen molar-refractivity contribution >= 4 is 17.4 Å². The van der Waals surface area contributed by atoms with Gasteiger partial charge in [0.2, 0.25) is 0 Å². The molecule has 0 aromatic heterocycles. The van der Waals surface area contributed by atoms with E-state index in [0.717, 1.165) is 0 Å². The third-order valence-corrected chi connectivity index (χ3v) is 3.81. The van der Waals surface area contributed by atoms with Gasteiger partial charge < -0.3 is 4.74 Å². The predicted molar refractivity (Wildman–Crippen MR) is 74.7 cm³/mol. The molecule has 0 amide bonds. The number of carbonyl (C=O) groups excluding carboxylic acids is 1. The van der Waals surface area contributed by atoms with Crippen LogP contribution >= 0.6 is 11.6 Å². The summed E-state index contributed by atoms with van der Waals surface area (Å²) in [5, 5.41) is 0.538. The zero-order valence-electron chi connectivity index (χ0n) is 11.6. The first-order chi connectivity index (χ1) is 8.36. The van der Waals surface area contributed by atoms with Crippen molar-refractivity contribution in [2.75, 3.05) is 21.2 Å². The van der Waals surface area contributed by atoms with Gasteiger partial charge in [0.25, 0.3) is 0 Å². The maximum Gasteiger partial charge on any atom is 0.186 e. The molecule has 3 nitrogen and oxygen atoms in total. The molecule has 4 heteroatoms. The number of benzene rings is 1. The molecule has 1 rings (SSSR count). The summed E-state index contributed by atoms with van der Waals surface area (Å²) < 4.78 is 5.24. The molecule has 0 fully saturated rings. The fourth-order valence-corrected chi connectivity index (χ4v) is 2.00. The number of hydrogen-bond acceptors (Lipinski definition) is 3. The van der Waals surface area contributed by atoms with Crippen molar-refractivity contribution in [2.24, 2.45) is 0 Å². The van der Waals surface area contributed by atoms with E-state index in [4.69, 9.17) is 16.3 Å². The molecule has 0 saturated heterocycles. The number of halogens is 1. The third-order valence-electron chi connectivity index (χ3n) is 3.57. The molecule has 1 atom stereocenters. The molecule has 0 N–H and O–H groups in total. The van der Waals surface area contributed by atoms with Gasteiger partial charge in [0, 0.05) is 5.02 Å². The number of ketones is 1. The molecule has 0 bridgehead atoms. The zero-order chi connectivity index (χ0) is 13.9. The topological polar surface area (TPSA) is 29.5 Å². The third kappa shape index (κ3) is 2.68. The lowest BCUT2D eigenvalue weighted by molar-refractivity contribution is 0.0707. The molecule has 0 saturated carbocycles. The van der Waals surface area contributed by atoms with Crippen molar-refractivity contribution in [3.05, 3.63) is 28.8 Å². The molecular formula is C14H20ClNO2. The highest BCUT2D eigenvalue weighted by atomic mass is 35.5. The Hall–Kier alpha value is -1.06. The number of methoxy groups -OCH3 is 1. The van der Waals surface area contributed by atoms with Crippen LogP contribution in [0.3, 0.4) is 0 Å². The lowest BCUT2D eigenvalue weighted by atomic mass is 9.87. The lowest BCUT2D eigenvalue weighted by Gasteiger charge is -2.34. The van der Waals surface area contributed by atoms with Crippen molar-refractivity contribution in [1.82, 2.24) is 4.90 Å². The summed E-state index contributed by atoms with van der Waals surface area (Å²) in [4.78, 5) is 14.6. The van der Waals surface area contributed by atoms with Gasteiger partial charge in [-0.15, -0.1) is 0 Å². The SMILES string of the molecule is CCC(C)(C(=O)c1cc(Cl)ccc1OC)N(C)C. The number of rotatable bonds is 5. The van der Waals surface area contributed by atoms with Gasteiger partial charge in [0.05, 0.1) is 18.2 Å². The van der Waals surface area contributed by atoms with E-state index in [1.54, 1.807) is 25.3 Å². The quantitative estimate of drug-likeness (QED) is 0.769. The van der Waals surface area contributed by atoms with E-state index in [9.17, 15) is 4.79 Å². The Labute approximate surface area is 114 Å². The summed E-state index contributed by atoms with van der Waals surface area (Å²) in [7, 11) is 5.36. The van der Waals surface area contributed by atoms with Gasteiger partial charge in [0.1, 0.15) is 5.75 Å². The van der Waals surface area contributed by atoms with Gasteiger partial charge in [-0.3, -0.25) is 9.69 Å². The van der Waals surface area contributed by atoms with E-state index < -0.39 is 5.54 Å². The highest BCUT2D eigenvalue weighted by Gasteiger charge is 2.35. The molecule has 0 aliphatic heterocycles. The van der Waals surface area contributed by atoms with E-state index >= 15 is 0 Å². The number of hydrogen-bond donors (Lipinski definition) is 0. The number of likely N-dealkylation sites (N-methyl/N-ethyl adjacent to an activating group) is 1. The fourth-order valence-electron chi connectivity index (χ4n) is 1.83. The van der Waals surface area contributed by atoms with Gasteiger partial charge in [-0.05, 0) is 45.6 Å². The summed E-state index contributed by atoms with van der Waals surface area (Å²) >= 11 is 5.97. The molecule has 1 unspecified atom stereocenters. The van der Waals surface area contributed by atoms with Crippen LogP contribution in [0.25, 0.3) is 0 Å². The van der Waals surface area contributed by atoms with Crippen LogP contribution in [0, 0.1) is 0 Å². The van der Waals surface area contributed by atoms with Crippen LogP contribution in [0.15, 0.2) is 18.2 Å². The minimum atomic E-state index is -0.558. The molecule has 18 heavy (non-hydrogen) atoms. The average Bonchev–Trinajstić information content (AvgIpc) is 2.36. The van der Waals surface area contributed by atoms with E-state index in [0.29, 0.717) is 22.8 Å². The second kappa shape index (κ2) is 5.72. The van der Waals surface area contributed by atoms with Crippen molar-refractivity contribution in [2.45, 2.75) is 25.8 Å². The molecule has 0 radical (unpaired) electrons. The molecule has 0 aliphatic rings. The van der Waals surface area contributed by atoms with E-state index in [-0.39, 0.29) is 5.78 Å². The Morgan fingerprint density at radius 1 is 1.44 bits per heavy atom. The number of carbonyl (C=O) groups is 1. The number of Topliss-reactive ketones (excluding diaryl/α,β-unsaturated/α-hetero) is 1. The van der Waals surface area contributed by atoms with Crippen molar-refractivity contribution < 1.29 is 9.53 Å². The summed E-state index contributed by atoms with van der Waals surface area (Å²) in [6.07, 6.45) is 0.717. The van der Waals surface area contributed by atoms with Crippen LogP contribution in [0.4, 0.5) is 0 Å². The molecule has 0 heterocycles. The maximum atomic E-state index is 12.7. The summed E-state index contributed by atoms with van der Waals surface area (Å²) in [5.41, 5.74) is -0.0270. The van der Waals surface area contributed by atoms with Crippen LogP contribution < -0.4 is 4.74 Å². The van der Waals surface area contributed by atoms with E-state index in [2.05, 4.69) is 0 Å². The van der Waals surface area contributed by atoms with Gasteiger partial charge in [-0.25, -0.2) is 0 Å². The normalized spacial score (nSPS) is 14.4. The van der Waals surface area contributed by atoms with Crippen LogP contribution in [0.1, 0.15) is 30.6 Å². The number of ether oxygens (including phenoxy) is 1. The predicted octanol–water partition coefficient (Wildman–Crippen LogP) is 3.26.